The molecular formula is C20H18N2O4S2. The highest BCUT2D eigenvalue weighted by Gasteiger charge is 2.19. The molecule has 0 saturated carbocycles. The van der Waals surface area contributed by atoms with Crippen molar-refractivity contribution in [3.8, 4) is 10.6 Å². The molecule has 0 aliphatic rings. The number of carbonyl (C=O) groups is 3. The van der Waals surface area contributed by atoms with Gasteiger partial charge in [0.1, 0.15) is 5.01 Å². The number of thiazole rings is 1. The summed E-state index contributed by atoms with van der Waals surface area (Å²) in [7, 11) is 0. The van der Waals surface area contributed by atoms with Gasteiger partial charge < -0.3 is 10.1 Å². The Morgan fingerprint density at radius 1 is 1.21 bits per heavy atom. The fourth-order valence-corrected chi connectivity index (χ4v) is 3.94. The molecule has 0 unspecified atom stereocenters. The topological polar surface area (TPSA) is 85.4 Å². The highest BCUT2D eigenvalue weighted by atomic mass is 32.1. The zero-order chi connectivity index (χ0) is 20.1. The molecule has 3 rings (SSSR count). The van der Waals surface area contributed by atoms with Gasteiger partial charge in [-0.3, -0.25) is 14.4 Å². The van der Waals surface area contributed by atoms with Crippen molar-refractivity contribution >= 4 is 46.0 Å². The smallest absolute Gasteiger partial charge is 0.312 e. The van der Waals surface area contributed by atoms with Gasteiger partial charge in [0, 0.05) is 27.6 Å². The molecule has 1 aromatic carbocycles. The maximum atomic E-state index is 12.3. The van der Waals surface area contributed by atoms with Gasteiger partial charge in [0.2, 0.25) is 0 Å². The van der Waals surface area contributed by atoms with Gasteiger partial charge >= 0.3 is 5.97 Å². The number of hydrogen-bond acceptors (Lipinski definition) is 7. The number of ketones is 1. The number of nitrogens with zero attached hydrogens (tertiary/aromatic N) is 1. The van der Waals surface area contributed by atoms with Gasteiger partial charge in [0.25, 0.3) is 5.91 Å². The molecule has 0 aliphatic carbocycles. The SMILES string of the molecule is CC(=O)c1cccc(NC(=O)[C@@H](C)OC(=O)Cc2csc(-c3ccsc3)n2)c1. The number of esters is 1. The van der Waals surface area contributed by atoms with Crippen LogP contribution in [0.1, 0.15) is 29.9 Å². The third kappa shape index (κ3) is 5.11. The number of nitrogens with one attached hydrogen (secondary N) is 1. The van der Waals surface area contributed by atoms with E-state index in [1.165, 1.54) is 25.2 Å². The van der Waals surface area contributed by atoms with E-state index < -0.39 is 18.0 Å². The molecule has 1 amide bonds. The Labute approximate surface area is 170 Å². The van der Waals surface area contributed by atoms with Crippen molar-refractivity contribution in [1.82, 2.24) is 4.98 Å². The molecule has 0 fully saturated rings. The van der Waals surface area contributed by atoms with Crippen molar-refractivity contribution < 1.29 is 19.1 Å². The summed E-state index contributed by atoms with van der Waals surface area (Å²) in [5, 5.41) is 9.27. The fraction of sp³-hybridized carbons (Fsp3) is 0.200. The molecule has 2 heterocycles. The van der Waals surface area contributed by atoms with Crippen molar-refractivity contribution in [3.63, 3.8) is 0 Å². The molecule has 8 heteroatoms. The molecule has 0 spiro atoms. The number of hydrogen-bond donors (Lipinski definition) is 1. The summed E-state index contributed by atoms with van der Waals surface area (Å²) in [5.41, 5.74) is 2.60. The largest absolute Gasteiger partial charge is 0.452 e. The highest BCUT2D eigenvalue weighted by molar-refractivity contribution is 7.14. The first-order valence-electron chi connectivity index (χ1n) is 8.50. The van der Waals surface area contributed by atoms with E-state index in [0.717, 1.165) is 10.6 Å². The number of Topliss-reactive ketones (excluding diaryl/α,β-unsaturated/α-hetero) is 1. The lowest BCUT2D eigenvalue weighted by Gasteiger charge is -2.13. The Bertz CT molecular complexity index is 995. The zero-order valence-corrected chi connectivity index (χ0v) is 16.9. The second-order valence-corrected chi connectivity index (χ2v) is 7.73. The minimum Gasteiger partial charge on any atom is -0.452 e. The summed E-state index contributed by atoms with van der Waals surface area (Å²) < 4.78 is 5.21. The summed E-state index contributed by atoms with van der Waals surface area (Å²) in [6, 6.07) is 8.56. The molecule has 3 aromatic rings. The van der Waals surface area contributed by atoms with Crippen LogP contribution in [0.2, 0.25) is 0 Å². The van der Waals surface area contributed by atoms with E-state index >= 15 is 0 Å². The summed E-state index contributed by atoms with van der Waals surface area (Å²) >= 11 is 3.04. The molecule has 0 aliphatic heterocycles. The van der Waals surface area contributed by atoms with E-state index in [1.807, 2.05) is 22.2 Å². The second-order valence-electron chi connectivity index (χ2n) is 6.09. The first-order chi connectivity index (χ1) is 13.4. The van der Waals surface area contributed by atoms with E-state index in [1.54, 1.807) is 35.6 Å². The van der Waals surface area contributed by atoms with Gasteiger partial charge in [0.05, 0.1) is 12.1 Å². The first-order valence-corrected chi connectivity index (χ1v) is 10.3. The molecular weight excluding hydrogens is 396 g/mol. The average molecular weight is 415 g/mol. The fourth-order valence-electron chi connectivity index (χ4n) is 2.41. The number of amides is 1. The van der Waals surface area contributed by atoms with Crippen molar-refractivity contribution in [2.75, 3.05) is 5.32 Å². The molecule has 2 aromatic heterocycles. The van der Waals surface area contributed by atoms with Gasteiger partial charge in [-0.1, -0.05) is 12.1 Å². The summed E-state index contributed by atoms with van der Waals surface area (Å²) in [5.74, 6) is -1.09. The van der Waals surface area contributed by atoms with E-state index in [9.17, 15) is 14.4 Å². The summed E-state index contributed by atoms with van der Waals surface area (Å²) in [6.07, 6.45) is -0.971. The summed E-state index contributed by atoms with van der Waals surface area (Å²) in [6.45, 7) is 2.95. The third-order valence-corrected chi connectivity index (χ3v) is 5.48. The van der Waals surface area contributed by atoms with Gasteiger partial charge in [0.15, 0.2) is 11.9 Å². The summed E-state index contributed by atoms with van der Waals surface area (Å²) in [4.78, 5) is 40.3. The van der Waals surface area contributed by atoms with Gasteiger partial charge in [-0.25, -0.2) is 4.98 Å². The minimum atomic E-state index is -0.969. The second kappa shape index (κ2) is 8.90. The number of aromatic nitrogens is 1. The van der Waals surface area contributed by atoms with Crippen LogP contribution in [0.5, 0.6) is 0 Å². The predicted octanol–water partition coefficient (Wildman–Crippen LogP) is 4.19. The van der Waals surface area contributed by atoms with Crippen LogP contribution in [0.15, 0.2) is 46.5 Å². The van der Waals surface area contributed by atoms with Crippen LogP contribution < -0.4 is 5.32 Å². The van der Waals surface area contributed by atoms with Crippen molar-refractivity contribution in [1.29, 1.82) is 0 Å². The lowest BCUT2D eigenvalue weighted by molar-refractivity contribution is -0.152. The molecule has 1 atom stereocenters. The van der Waals surface area contributed by atoms with Gasteiger partial charge in [-0.15, -0.1) is 11.3 Å². The van der Waals surface area contributed by atoms with E-state index in [-0.39, 0.29) is 12.2 Å². The van der Waals surface area contributed by atoms with Crippen LogP contribution in [0.4, 0.5) is 5.69 Å². The Kier molecular flexibility index (Phi) is 6.33. The van der Waals surface area contributed by atoms with E-state index in [0.29, 0.717) is 16.9 Å². The lowest BCUT2D eigenvalue weighted by atomic mass is 10.1. The number of carbonyl (C=O) groups excluding carboxylic acids is 3. The Morgan fingerprint density at radius 2 is 2.04 bits per heavy atom. The number of benzene rings is 1. The first kappa shape index (κ1) is 19.9. The maximum Gasteiger partial charge on any atom is 0.312 e. The minimum absolute atomic E-state index is 0.00191. The Balaban J connectivity index is 1.54. The number of ether oxygens (including phenoxy) is 1. The molecule has 0 saturated heterocycles. The van der Waals surface area contributed by atoms with Crippen LogP contribution in [-0.2, 0) is 20.7 Å². The average Bonchev–Trinajstić information content (AvgIpc) is 3.33. The van der Waals surface area contributed by atoms with Crippen molar-refractivity contribution in [2.45, 2.75) is 26.4 Å². The Morgan fingerprint density at radius 3 is 2.75 bits per heavy atom. The lowest BCUT2D eigenvalue weighted by Crippen LogP contribution is -2.30. The zero-order valence-electron chi connectivity index (χ0n) is 15.3. The van der Waals surface area contributed by atoms with Crippen LogP contribution >= 0.6 is 22.7 Å². The standard InChI is InChI=1S/C20H18N2O4S2/c1-12(23)14-4-3-5-16(8-14)21-19(25)13(2)26-18(24)9-17-11-28-20(22-17)15-6-7-27-10-15/h3-8,10-11,13H,9H2,1-2H3,(H,21,25)/t13-/m1/s1. The molecule has 6 nitrogen and oxygen atoms in total. The molecule has 144 valence electrons. The number of thiophene rings is 1. The normalized spacial score (nSPS) is 11.6. The quantitative estimate of drug-likeness (QED) is 0.463. The number of anilines is 1. The number of rotatable bonds is 7. The predicted molar refractivity (Wildman–Crippen MR) is 110 cm³/mol. The van der Waals surface area contributed by atoms with Crippen LogP contribution in [0, 0.1) is 0 Å². The monoisotopic (exact) mass is 414 g/mol. The highest BCUT2D eigenvalue weighted by Crippen LogP contribution is 2.26. The van der Waals surface area contributed by atoms with Crippen molar-refractivity contribution in [2.24, 2.45) is 0 Å². The van der Waals surface area contributed by atoms with Crippen LogP contribution in [0.3, 0.4) is 0 Å². The molecule has 0 bridgehead atoms. The van der Waals surface area contributed by atoms with E-state index in [4.69, 9.17) is 4.74 Å². The van der Waals surface area contributed by atoms with Crippen molar-refractivity contribution in [3.05, 3.63) is 57.7 Å². The third-order valence-electron chi connectivity index (χ3n) is 3.86. The molecule has 28 heavy (non-hydrogen) atoms. The van der Waals surface area contributed by atoms with E-state index in [2.05, 4.69) is 10.3 Å². The van der Waals surface area contributed by atoms with Gasteiger partial charge in [-0.2, -0.15) is 11.3 Å². The van der Waals surface area contributed by atoms with Crippen LogP contribution in [-0.4, -0.2) is 28.7 Å². The molecule has 0 radical (unpaired) electrons. The Hall–Kier alpha value is -2.84. The molecule has 1 N–H and O–H groups in total. The maximum absolute atomic E-state index is 12.3. The van der Waals surface area contributed by atoms with Gasteiger partial charge in [-0.05, 0) is 37.4 Å². The van der Waals surface area contributed by atoms with Crippen LogP contribution in [0.25, 0.3) is 10.6 Å².